The highest BCUT2D eigenvalue weighted by Gasteiger charge is 2.30. The van der Waals surface area contributed by atoms with E-state index in [9.17, 15) is 13.2 Å². The van der Waals surface area contributed by atoms with Crippen molar-refractivity contribution >= 4 is 16.5 Å². The van der Waals surface area contributed by atoms with Crippen LogP contribution in [0.1, 0.15) is 5.56 Å². The molecule has 0 saturated carbocycles. The summed E-state index contributed by atoms with van der Waals surface area (Å²) in [6.45, 7) is 0. The fourth-order valence-electron chi connectivity index (χ4n) is 1.69. The smallest absolute Gasteiger partial charge is 0.416 e. The molecule has 0 bridgehead atoms. The van der Waals surface area contributed by atoms with Gasteiger partial charge in [0.05, 0.1) is 12.7 Å². The molecule has 0 aliphatic heterocycles. The van der Waals surface area contributed by atoms with Crippen LogP contribution in [-0.2, 0) is 6.18 Å². The Kier molecular flexibility index (Phi) is 2.61. The molecular weight excluding hydrogens is 231 g/mol. The Morgan fingerprint density at radius 1 is 1.12 bits per heavy atom. The largest absolute Gasteiger partial charge is 0.496 e. The van der Waals surface area contributed by atoms with Crippen LogP contribution in [0, 0.1) is 0 Å². The maximum Gasteiger partial charge on any atom is 0.416 e. The highest BCUT2D eigenvalue weighted by atomic mass is 19.4. The van der Waals surface area contributed by atoms with E-state index >= 15 is 0 Å². The second-order valence-corrected chi connectivity index (χ2v) is 3.66. The van der Waals surface area contributed by atoms with Crippen LogP contribution >= 0.6 is 0 Å². The summed E-state index contributed by atoms with van der Waals surface area (Å²) in [6, 6.07) is 6.59. The number of nitrogens with two attached hydrogens (primary N) is 1. The predicted octanol–water partition coefficient (Wildman–Crippen LogP) is 3.45. The van der Waals surface area contributed by atoms with Gasteiger partial charge in [-0.05, 0) is 23.6 Å². The lowest BCUT2D eigenvalue weighted by Gasteiger charge is -2.11. The highest BCUT2D eigenvalue weighted by molar-refractivity contribution is 5.91. The van der Waals surface area contributed by atoms with Crippen molar-refractivity contribution < 1.29 is 17.9 Å². The number of anilines is 1. The van der Waals surface area contributed by atoms with Gasteiger partial charge in [-0.2, -0.15) is 13.2 Å². The minimum absolute atomic E-state index is 0.339. The lowest BCUT2D eigenvalue weighted by Crippen LogP contribution is -2.04. The zero-order valence-electron chi connectivity index (χ0n) is 9.01. The lowest BCUT2D eigenvalue weighted by atomic mass is 10.0. The van der Waals surface area contributed by atoms with Crippen LogP contribution in [-0.4, -0.2) is 7.11 Å². The van der Waals surface area contributed by atoms with Crippen molar-refractivity contribution in [2.75, 3.05) is 12.8 Å². The fraction of sp³-hybridized carbons (Fsp3) is 0.167. The van der Waals surface area contributed by atoms with Gasteiger partial charge in [0.2, 0.25) is 0 Å². The quantitative estimate of drug-likeness (QED) is 0.776. The molecule has 0 aromatic heterocycles. The Labute approximate surface area is 95.8 Å². The molecule has 0 fully saturated rings. The van der Waals surface area contributed by atoms with E-state index < -0.39 is 11.7 Å². The van der Waals surface area contributed by atoms with Gasteiger partial charge in [0.1, 0.15) is 5.75 Å². The van der Waals surface area contributed by atoms with E-state index in [1.165, 1.54) is 19.2 Å². The van der Waals surface area contributed by atoms with Crippen LogP contribution < -0.4 is 10.5 Å². The molecule has 0 aliphatic carbocycles. The number of alkyl halides is 3. The van der Waals surface area contributed by atoms with Gasteiger partial charge in [0.25, 0.3) is 0 Å². The summed E-state index contributed by atoms with van der Waals surface area (Å²) < 4.78 is 42.7. The Bertz CT molecular complexity index is 563. The number of nitrogen functional groups attached to an aromatic ring is 1. The fourth-order valence-corrected chi connectivity index (χ4v) is 1.69. The summed E-state index contributed by atoms with van der Waals surface area (Å²) in [5.74, 6) is 0.339. The first-order valence-corrected chi connectivity index (χ1v) is 4.86. The summed E-state index contributed by atoms with van der Waals surface area (Å²) in [5, 5.41) is 1.02. The maximum absolute atomic E-state index is 12.6. The number of fused-ring (bicyclic) bond motifs is 1. The first kappa shape index (κ1) is 11.6. The number of benzene rings is 2. The van der Waals surface area contributed by atoms with E-state index in [-0.39, 0.29) is 0 Å². The van der Waals surface area contributed by atoms with Crippen LogP contribution in [0.2, 0.25) is 0 Å². The van der Waals surface area contributed by atoms with E-state index in [1.54, 1.807) is 6.07 Å². The monoisotopic (exact) mass is 241 g/mol. The van der Waals surface area contributed by atoms with Crippen molar-refractivity contribution in [2.45, 2.75) is 6.18 Å². The average molecular weight is 241 g/mol. The van der Waals surface area contributed by atoms with Crippen LogP contribution in [0.4, 0.5) is 18.9 Å². The number of hydrogen-bond donors (Lipinski definition) is 1. The molecule has 0 amide bonds. The van der Waals surface area contributed by atoms with E-state index in [0.717, 1.165) is 12.1 Å². The molecule has 17 heavy (non-hydrogen) atoms. The molecule has 2 aromatic rings. The van der Waals surface area contributed by atoms with Crippen molar-refractivity contribution in [2.24, 2.45) is 0 Å². The first-order valence-electron chi connectivity index (χ1n) is 4.86. The van der Waals surface area contributed by atoms with Crippen molar-refractivity contribution in [3.05, 3.63) is 35.9 Å². The zero-order valence-corrected chi connectivity index (χ0v) is 9.01. The third kappa shape index (κ3) is 2.13. The van der Waals surface area contributed by atoms with Gasteiger partial charge in [0.15, 0.2) is 0 Å². The number of methoxy groups -OCH3 is 1. The summed E-state index contributed by atoms with van der Waals surface area (Å²) >= 11 is 0. The van der Waals surface area contributed by atoms with Crippen LogP contribution in [0.3, 0.4) is 0 Å². The third-order valence-electron chi connectivity index (χ3n) is 2.49. The molecule has 2 rings (SSSR count). The van der Waals surface area contributed by atoms with Crippen LogP contribution in [0.5, 0.6) is 5.75 Å². The van der Waals surface area contributed by atoms with Gasteiger partial charge in [-0.3, -0.25) is 0 Å². The SMILES string of the molecule is COc1cc(N)cc2ccc(C(F)(F)F)cc12. The summed E-state index contributed by atoms with van der Waals surface area (Å²) in [6.07, 6.45) is -4.36. The van der Waals surface area contributed by atoms with Crippen molar-refractivity contribution in [3.63, 3.8) is 0 Å². The van der Waals surface area contributed by atoms with Gasteiger partial charge in [0, 0.05) is 17.1 Å². The Morgan fingerprint density at radius 2 is 1.82 bits per heavy atom. The number of ether oxygens (including phenoxy) is 1. The van der Waals surface area contributed by atoms with Gasteiger partial charge >= 0.3 is 6.18 Å². The molecule has 90 valence electrons. The number of halogens is 3. The van der Waals surface area contributed by atoms with Crippen LogP contribution in [0.25, 0.3) is 10.8 Å². The molecule has 0 radical (unpaired) electrons. The molecule has 2 aromatic carbocycles. The molecule has 0 saturated heterocycles. The second kappa shape index (κ2) is 3.84. The van der Waals surface area contributed by atoms with Gasteiger partial charge in [-0.1, -0.05) is 6.07 Å². The van der Waals surface area contributed by atoms with Crippen molar-refractivity contribution in [1.82, 2.24) is 0 Å². The first-order chi connectivity index (χ1) is 7.91. The molecule has 0 spiro atoms. The van der Waals surface area contributed by atoms with E-state index in [0.29, 0.717) is 22.2 Å². The average Bonchev–Trinajstić information content (AvgIpc) is 2.25. The summed E-state index contributed by atoms with van der Waals surface area (Å²) in [5.41, 5.74) is 5.37. The van der Waals surface area contributed by atoms with Crippen molar-refractivity contribution in [3.8, 4) is 5.75 Å². The number of rotatable bonds is 1. The highest BCUT2D eigenvalue weighted by Crippen LogP contribution is 2.35. The Hall–Kier alpha value is -1.91. The second-order valence-electron chi connectivity index (χ2n) is 3.66. The number of hydrogen-bond acceptors (Lipinski definition) is 2. The third-order valence-corrected chi connectivity index (χ3v) is 2.49. The topological polar surface area (TPSA) is 35.2 Å². The summed E-state index contributed by atoms with van der Waals surface area (Å²) in [4.78, 5) is 0. The van der Waals surface area contributed by atoms with Gasteiger partial charge < -0.3 is 10.5 Å². The molecule has 0 heterocycles. The molecule has 5 heteroatoms. The normalized spacial score (nSPS) is 11.8. The van der Waals surface area contributed by atoms with E-state index in [1.807, 2.05) is 0 Å². The molecule has 0 aliphatic rings. The van der Waals surface area contributed by atoms with Gasteiger partial charge in [-0.25, -0.2) is 0 Å². The molecule has 2 nitrogen and oxygen atoms in total. The zero-order chi connectivity index (χ0) is 12.6. The molecule has 0 atom stereocenters. The van der Waals surface area contributed by atoms with E-state index in [2.05, 4.69) is 0 Å². The Morgan fingerprint density at radius 3 is 2.41 bits per heavy atom. The molecule has 0 unspecified atom stereocenters. The molecule has 2 N–H and O–H groups in total. The Balaban J connectivity index is 2.72. The standard InChI is InChI=1S/C12H10F3NO/c1-17-11-6-9(16)4-7-2-3-8(5-10(7)11)12(13,14)15/h2-6H,16H2,1H3. The minimum Gasteiger partial charge on any atom is -0.496 e. The maximum atomic E-state index is 12.6. The van der Waals surface area contributed by atoms with E-state index in [4.69, 9.17) is 10.5 Å². The lowest BCUT2D eigenvalue weighted by molar-refractivity contribution is -0.137. The van der Waals surface area contributed by atoms with Crippen molar-refractivity contribution in [1.29, 1.82) is 0 Å². The molecular formula is C12H10F3NO. The predicted molar refractivity (Wildman–Crippen MR) is 59.9 cm³/mol. The van der Waals surface area contributed by atoms with Gasteiger partial charge in [-0.15, -0.1) is 0 Å². The van der Waals surface area contributed by atoms with Crippen LogP contribution in [0.15, 0.2) is 30.3 Å². The minimum atomic E-state index is -4.36. The summed E-state index contributed by atoms with van der Waals surface area (Å²) in [7, 11) is 1.40.